The summed E-state index contributed by atoms with van der Waals surface area (Å²) in [5.74, 6) is -2.33. The largest absolute Gasteiger partial charge is 0.463 e. The Morgan fingerprint density at radius 3 is 2.32 bits per heavy atom. The molecule has 2 fully saturated rings. The molecule has 2 aliphatic rings. The van der Waals surface area contributed by atoms with Gasteiger partial charge in [0.05, 0.1) is 5.69 Å². The van der Waals surface area contributed by atoms with Crippen molar-refractivity contribution in [3.63, 3.8) is 0 Å². The summed E-state index contributed by atoms with van der Waals surface area (Å²) in [5.41, 5.74) is 16.7. The van der Waals surface area contributed by atoms with Gasteiger partial charge in [-0.1, -0.05) is 47.0 Å². The summed E-state index contributed by atoms with van der Waals surface area (Å²) in [4.78, 5) is 43.4. The maximum Gasteiger partial charge on any atom is 0.323 e. The smallest absolute Gasteiger partial charge is 0.323 e. The maximum atomic E-state index is 13.3. The fourth-order valence-corrected chi connectivity index (χ4v) is 5.62. The number of esters is 3. The minimum absolute atomic E-state index is 0.130. The molecule has 1 saturated carbocycles. The number of anilines is 1. The van der Waals surface area contributed by atoms with Crippen LogP contribution in [0.4, 0.5) is 5.82 Å². The van der Waals surface area contributed by atoms with Crippen LogP contribution in [0.1, 0.15) is 71.9 Å². The summed E-state index contributed by atoms with van der Waals surface area (Å²) in [7, 11) is 0. The molecule has 14 nitrogen and oxygen atoms in total. The Hall–Kier alpha value is -3.80. The summed E-state index contributed by atoms with van der Waals surface area (Å²) >= 11 is 0. The fraction of sp³-hybridized carbons (Fsp3) is 0.667. The maximum absolute atomic E-state index is 13.3. The molecule has 0 bridgehead atoms. The third-order valence-corrected chi connectivity index (χ3v) is 8.50. The lowest BCUT2D eigenvalue weighted by atomic mass is 9.87. The molecular weight excluding hydrogens is 570 g/mol. The SMILES string of the molecule is CC(C)[C@H](N)C(=O)O[C@H]1[C@@H](OC(=O)[C@@H](N)C(C)C)[C@](C#N)(c2ccc3c(N)ncnn23)O[C@@H]1COC(=O)CC1CCCCC1. The average molecular weight is 614 g/mol. The lowest BCUT2D eigenvalue weighted by Crippen LogP contribution is -2.51. The number of nitrogens with zero attached hydrogens (tertiary/aromatic N) is 4. The van der Waals surface area contributed by atoms with E-state index in [-0.39, 0.29) is 42.3 Å². The predicted molar refractivity (Wildman–Crippen MR) is 157 cm³/mol. The zero-order chi connectivity index (χ0) is 32.2. The van der Waals surface area contributed by atoms with Crippen LogP contribution in [0.25, 0.3) is 5.52 Å². The van der Waals surface area contributed by atoms with Crippen molar-refractivity contribution in [2.45, 2.75) is 102 Å². The minimum Gasteiger partial charge on any atom is -0.463 e. The number of nitrogen functional groups attached to an aromatic ring is 1. The highest BCUT2D eigenvalue weighted by molar-refractivity contribution is 5.77. The molecule has 3 heterocycles. The first-order chi connectivity index (χ1) is 20.9. The molecule has 0 radical (unpaired) electrons. The molecule has 6 atom stereocenters. The van der Waals surface area contributed by atoms with Gasteiger partial charge in [0, 0.05) is 6.42 Å². The molecule has 44 heavy (non-hydrogen) atoms. The van der Waals surface area contributed by atoms with E-state index < -0.39 is 53.9 Å². The monoisotopic (exact) mass is 613 g/mol. The van der Waals surface area contributed by atoms with E-state index in [0.29, 0.717) is 5.52 Å². The van der Waals surface area contributed by atoms with Crippen LogP contribution in [0.3, 0.4) is 0 Å². The van der Waals surface area contributed by atoms with Crippen LogP contribution in [0.15, 0.2) is 18.5 Å². The zero-order valence-electron chi connectivity index (χ0n) is 25.7. The van der Waals surface area contributed by atoms with Gasteiger partial charge < -0.3 is 36.1 Å². The molecule has 1 saturated heterocycles. The number of carbonyl (C=O) groups excluding carboxylic acids is 3. The Morgan fingerprint density at radius 1 is 1.07 bits per heavy atom. The van der Waals surface area contributed by atoms with Gasteiger partial charge in [0.15, 0.2) is 18.0 Å². The minimum atomic E-state index is -2.09. The Morgan fingerprint density at radius 2 is 1.70 bits per heavy atom. The number of hydrogen-bond acceptors (Lipinski definition) is 13. The number of carbonyl (C=O) groups is 3. The molecule has 1 aliphatic heterocycles. The van der Waals surface area contributed by atoms with Gasteiger partial charge in [-0.15, -0.1) is 0 Å². The van der Waals surface area contributed by atoms with E-state index in [2.05, 4.69) is 16.2 Å². The highest BCUT2D eigenvalue weighted by Crippen LogP contribution is 2.44. The van der Waals surface area contributed by atoms with Crippen molar-refractivity contribution in [2.24, 2.45) is 29.2 Å². The van der Waals surface area contributed by atoms with Crippen molar-refractivity contribution in [3.05, 3.63) is 24.2 Å². The Labute approximate surface area is 256 Å². The number of fused-ring (bicyclic) bond motifs is 1. The first kappa shape index (κ1) is 33.1. The van der Waals surface area contributed by atoms with E-state index in [9.17, 15) is 19.6 Å². The van der Waals surface area contributed by atoms with Crippen molar-refractivity contribution in [1.82, 2.24) is 14.6 Å². The van der Waals surface area contributed by atoms with E-state index in [1.807, 2.05) is 0 Å². The van der Waals surface area contributed by atoms with Crippen molar-refractivity contribution in [3.8, 4) is 6.07 Å². The predicted octanol–water partition coefficient (Wildman–Crippen LogP) is 1.73. The van der Waals surface area contributed by atoms with Crippen LogP contribution in [0, 0.1) is 29.1 Å². The summed E-state index contributed by atoms with van der Waals surface area (Å²) < 4.78 is 25.1. The molecule has 0 unspecified atom stereocenters. The fourth-order valence-electron chi connectivity index (χ4n) is 5.62. The molecule has 0 amide bonds. The summed E-state index contributed by atoms with van der Waals surface area (Å²) in [5, 5.41) is 15.0. The van der Waals surface area contributed by atoms with Gasteiger partial charge in [0.25, 0.3) is 0 Å². The van der Waals surface area contributed by atoms with E-state index in [1.54, 1.807) is 33.8 Å². The standard InChI is InChI=1S/C30H43N7O7/c1-16(2)23(32)28(39)42-25-20(13-41-22(38)12-18-8-6-5-7-9-18)44-30(14-31,26(25)43-29(40)24(33)17(3)4)21-11-10-19-27(34)35-15-36-37(19)21/h10-11,15-18,20,23-26H,5-9,12-13,32-33H2,1-4H3,(H2,34,35,36)/t20-,23+,24+,25-,26-,30+/m1/s1. The molecule has 0 aromatic carbocycles. The van der Waals surface area contributed by atoms with E-state index in [4.69, 9.17) is 36.1 Å². The molecule has 14 heteroatoms. The van der Waals surface area contributed by atoms with Crippen molar-refractivity contribution in [2.75, 3.05) is 12.3 Å². The third-order valence-electron chi connectivity index (χ3n) is 8.50. The first-order valence-electron chi connectivity index (χ1n) is 15.1. The van der Waals surface area contributed by atoms with Crippen molar-refractivity contribution < 1.29 is 33.3 Å². The van der Waals surface area contributed by atoms with Gasteiger partial charge in [-0.2, -0.15) is 10.4 Å². The lowest BCUT2D eigenvalue weighted by Gasteiger charge is -2.30. The molecule has 4 rings (SSSR count). The number of ether oxygens (including phenoxy) is 4. The zero-order valence-corrected chi connectivity index (χ0v) is 25.7. The number of aromatic nitrogens is 3. The number of hydrogen-bond donors (Lipinski definition) is 3. The van der Waals surface area contributed by atoms with Crippen LogP contribution in [-0.2, 0) is 38.9 Å². The van der Waals surface area contributed by atoms with Crippen LogP contribution >= 0.6 is 0 Å². The second kappa shape index (κ2) is 13.9. The molecule has 1 aliphatic carbocycles. The highest BCUT2D eigenvalue weighted by atomic mass is 16.7. The van der Waals surface area contributed by atoms with Gasteiger partial charge in [-0.25, -0.2) is 9.50 Å². The van der Waals surface area contributed by atoms with E-state index >= 15 is 0 Å². The van der Waals surface area contributed by atoms with Gasteiger partial charge in [0.1, 0.15) is 42.7 Å². The van der Waals surface area contributed by atoms with Crippen LogP contribution in [-0.4, -0.2) is 69.5 Å². The Kier molecular flexibility index (Phi) is 10.4. The summed E-state index contributed by atoms with van der Waals surface area (Å²) in [6.07, 6.45) is 2.43. The summed E-state index contributed by atoms with van der Waals surface area (Å²) in [6, 6.07) is 3.15. The van der Waals surface area contributed by atoms with E-state index in [0.717, 1.165) is 32.1 Å². The lowest BCUT2D eigenvalue weighted by molar-refractivity contribution is -0.172. The number of nitriles is 1. The van der Waals surface area contributed by atoms with Gasteiger partial charge in [-0.05, 0) is 42.7 Å². The molecule has 6 N–H and O–H groups in total. The second-order valence-electron chi connectivity index (χ2n) is 12.4. The first-order valence-corrected chi connectivity index (χ1v) is 15.1. The summed E-state index contributed by atoms with van der Waals surface area (Å²) in [6.45, 7) is 6.59. The Balaban J connectivity index is 1.75. The molecule has 240 valence electrons. The number of rotatable bonds is 11. The van der Waals surface area contributed by atoms with Crippen molar-refractivity contribution >= 4 is 29.2 Å². The third kappa shape index (κ3) is 6.80. The normalized spacial score (nSPS) is 25.5. The van der Waals surface area contributed by atoms with Gasteiger partial charge in [0.2, 0.25) is 5.60 Å². The molecule has 2 aromatic heterocycles. The average Bonchev–Trinajstić information content (AvgIpc) is 3.56. The van der Waals surface area contributed by atoms with Crippen LogP contribution < -0.4 is 17.2 Å². The highest BCUT2D eigenvalue weighted by Gasteiger charge is 2.63. The Bertz CT molecular complexity index is 1380. The van der Waals surface area contributed by atoms with E-state index in [1.165, 1.54) is 16.9 Å². The number of nitrogens with two attached hydrogens (primary N) is 3. The molecular formula is C30H43N7O7. The topological polar surface area (TPSA) is 220 Å². The second-order valence-corrected chi connectivity index (χ2v) is 12.4. The molecule has 2 aromatic rings. The van der Waals surface area contributed by atoms with Crippen LogP contribution in [0.5, 0.6) is 0 Å². The van der Waals surface area contributed by atoms with Gasteiger partial charge in [-0.3, -0.25) is 14.4 Å². The van der Waals surface area contributed by atoms with Crippen molar-refractivity contribution in [1.29, 1.82) is 5.26 Å². The quantitative estimate of drug-likeness (QED) is 0.243. The van der Waals surface area contributed by atoms with Gasteiger partial charge >= 0.3 is 17.9 Å². The van der Waals surface area contributed by atoms with Crippen LogP contribution in [0.2, 0.25) is 0 Å². The molecule has 0 spiro atoms.